The van der Waals surface area contributed by atoms with Crippen LogP contribution in [-0.2, 0) is 4.74 Å². The standard InChI is InChI=1S/C28H42N2O3/c1-4-6-7-8-9-10-11-12-13-14-19-32-25-17-15-24(16-18-25)26-20-30-27(21-29-26)28(31)33-22-23(3)5-2/h15-18,20-21,23H,4-14,19,22H2,1-3H3. The number of aromatic nitrogens is 2. The van der Waals surface area contributed by atoms with Crippen molar-refractivity contribution in [3.05, 3.63) is 42.4 Å². The number of rotatable bonds is 17. The monoisotopic (exact) mass is 454 g/mol. The fraction of sp³-hybridized carbons (Fsp3) is 0.607. The number of esters is 1. The Balaban J connectivity index is 1.64. The molecule has 0 saturated heterocycles. The summed E-state index contributed by atoms with van der Waals surface area (Å²) in [5.41, 5.74) is 1.89. The molecular formula is C28H42N2O3. The number of carbonyl (C=O) groups excluding carboxylic acids is 1. The summed E-state index contributed by atoms with van der Waals surface area (Å²) < 4.78 is 11.2. The molecule has 0 bridgehead atoms. The molecule has 2 aromatic rings. The number of ether oxygens (including phenoxy) is 2. The SMILES string of the molecule is CCCCCCCCCCCCOc1ccc(-c2cnc(C(=O)OCC(C)CC)cn2)cc1. The minimum atomic E-state index is -0.426. The maximum Gasteiger partial charge on any atom is 0.358 e. The maximum absolute atomic E-state index is 12.1. The van der Waals surface area contributed by atoms with Gasteiger partial charge in [0.05, 0.1) is 31.3 Å². The summed E-state index contributed by atoms with van der Waals surface area (Å²) in [5, 5.41) is 0. The van der Waals surface area contributed by atoms with Gasteiger partial charge in [0.25, 0.3) is 0 Å². The van der Waals surface area contributed by atoms with Crippen LogP contribution in [0.5, 0.6) is 5.75 Å². The highest BCUT2D eigenvalue weighted by atomic mass is 16.5. The van der Waals surface area contributed by atoms with Gasteiger partial charge in [-0.2, -0.15) is 0 Å². The van der Waals surface area contributed by atoms with Gasteiger partial charge in [-0.3, -0.25) is 4.98 Å². The van der Waals surface area contributed by atoms with Crippen LogP contribution < -0.4 is 4.74 Å². The molecule has 0 fully saturated rings. The lowest BCUT2D eigenvalue weighted by molar-refractivity contribution is 0.0439. The molecule has 0 radical (unpaired) electrons. The fourth-order valence-corrected chi connectivity index (χ4v) is 3.49. The summed E-state index contributed by atoms with van der Waals surface area (Å²) >= 11 is 0. The first kappa shape index (κ1) is 26.8. The molecule has 0 amide bonds. The van der Waals surface area contributed by atoms with Crippen molar-refractivity contribution in [3.8, 4) is 17.0 Å². The van der Waals surface area contributed by atoms with Gasteiger partial charge in [0.1, 0.15) is 5.75 Å². The topological polar surface area (TPSA) is 61.3 Å². The Kier molecular flexibility index (Phi) is 13.2. The maximum atomic E-state index is 12.1. The minimum absolute atomic E-state index is 0.235. The Labute approximate surface area is 200 Å². The third-order valence-corrected chi connectivity index (χ3v) is 5.97. The zero-order chi connectivity index (χ0) is 23.7. The van der Waals surface area contributed by atoms with Crippen LogP contribution >= 0.6 is 0 Å². The molecule has 0 N–H and O–H groups in total. The molecule has 1 unspecified atom stereocenters. The molecule has 182 valence electrons. The van der Waals surface area contributed by atoms with Crippen LogP contribution in [0.2, 0.25) is 0 Å². The first-order chi connectivity index (χ1) is 16.1. The molecule has 1 heterocycles. The average Bonchev–Trinajstić information content (AvgIpc) is 2.86. The highest BCUT2D eigenvalue weighted by molar-refractivity contribution is 5.87. The molecule has 0 aliphatic carbocycles. The van der Waals surface area contributed by atoms with E-state index in [1.165, 1.54) is 64.0 Å². The van der Waals surface area contributed by atoms with Gasteiger partial charge in [-0.05, 0) is 36.6 Å². The minimum Gasteiger partial charge on any atom is -0.494 e. The van der Waals surface area contributed by atoms with E-state index in [1.54, 1.807) is 6.20 Å². The molecule has 0 spiro atoms. The van der Waals surface area contributed by atoms with Crippen molar-refractivity contribution in [1.82, 2.24) is 9.97 Å². The second-order valence-electron chi connectivity index (χ2n) is 8.95. The van der Waals surface area contributed by atoms with Gasteiger partial charge in [-0.25, -0.2) is 9.78 Å². The van der Waals surface area contributed by atoms with E-state index in [4.69, 9.17) is 9.47 Å². The predicted octanol–water partition coefficient (Wildman–Crippen LogP) is 7.65. The second kappa shape index (κ2) is 16.2. The molecule has 0 aliphatic rings. The normalized spacial score (nSPS) is 11.8. The molecule has 5 heteroatoms. The summed E-state index contributed by atoms with van der Waals surface area (Å²) in [4.78, 5) is 20.7. The first-order valence-electron chi connectivity index (χ1n) is 12.9. The second-order valence-corrected chi connectivity index (χ2v) is 8.95. The summed E-state index contributed by atoms with van der Waals surface area (Å²) in [5.74, 6) is 0.782. The van der Waals surface area contributed by atoms with Gasteiger partial charge in [-0.15, -0.1) is 0 Å². The molecule has 1 aromatic carbocycles. The molecule has 33 heavy (non-hydrogen) atoms. The lowest BCUT2D eigenvalue weighted by Gasteiger charge is -2.09. The fourth-order valence-electron chi connectivity index (χ4n) is 3.49. The summed E-state index contributed by atoms with van der Waals surface area (Å²) in [6.07, 6.45) is 17.3. The number of unbranched alkanes of at least 4 members (excludes halogenated alkanes) is 9. The molecule has 0 aliphatic heterocycles. The predicted molar refractivity (Wildman–Crippen MR) is 135 cm³/mol. The lowest BCUT2D eigenvalue weighted by Crippen LogP contribution is -2.13. The average molecular weight is 455 g/mol. The highest BCUT2D eigenvalue weighted by Gasteiger charge is 2.12. The Hall–Kier alpha value is -2.43. The van der Waals surface area contributed by atoms with Crippen molar-refractivity contribution in [2.45, 2.75) is 91.4 Å². The van der Waals surface area contributed by atoms with E-state index >= 15 is 0 Å². The van der Waals surface area contributed by atoms with Gasteiger partial charge in [0.2, 0.25) is 0 Å². The Morgan fingerprint density at radius 2 is 1.48 bits per heavy atom. The summed E-state index contributed by atoms with van der Waals surface area (Å²) in [7, 11) is 0. The molecule has 1 atom stereocenters. The third-order valence-electron chi connectivity index (χ3n) is 5.97. The summed E-state index contributed by atoms with van der Waals surface area (Å²) in [6, 6.07) is 7.86. The van der Waals surface area contributed by atoms with E-state index in [2.05, 4.69) is 23.8 Å². The van der Waals surface area contributed by atoms with Gasteiger partial charge in [0.15, 0.2) is 5.69 Å². The zero-order valence-electron chi connectivity index (χ0n) is 20.9. The van der Waals surface area contributed by atoms with Crippen LogP contribution in [0.25, 0.3) is 11.3 Å². The van der Waals surface area contributed by atoms with E-state index in [0.29, 0.717) is 12.5 Å². The van der Waals surface area contributed by atoms with Gasteiger partial charge < -0.3 is 9.47 Å². The van der Waals surface area contributed by atoms with Crippen molar-refractivity contribution in [2.24, 2.45) is 5.92 Å². The van der Waals surface area contributed by atoms with Crippen LogP contribution in [0.3, 0.4) is 0 Å². The van der Waals surface area contributed by atoms with Crippen molar-refractivity contribution in [3.63, 3.8) is 0 Å². The number of hydrogen-bond donors (Lipinski definition) is 0. The Morgan fingerprint density at radius 3 is 2.06 bits per heavy atom. The molecule has 5 nitrogen and oxygen atoms in total. The van der Waals surface area contributed by atoms with Crippen LogP contribution in [-0.4, -0.2) is 29.2 Å². The Bertz CT molecular complexity index is 775. The third kappa shape index (κ3) is 10.8. The Morgan fingerprint density at radius 1 is 0.848 bits per heavy atom. The number of nitrogens with zero attached hydrogens (tertiary/aromatic N) is 2. The van der Waals surface area contributed by atoms with Crippen molar-refractivity contribution >= 4 is 5.97 Å². The first-order valence-corrected chi connectivity index (χ1v) is 12.9. The van der Waals surface area contributed by atoms with Crippen LogP contribution in [0.15, 0.2) is 36.7 Å². The lowest BCUT2D eigenvalue weighted by atomic mass is 10.1. The molecular weight excluding hydrogens is 412 g/mol. The quantitative estimate of drug-likeness (QED) is 0.181. The van der Waals surface area contributed by atoms with E-state index in [-0.39, 0.29) is 5.69 Å². The van der Waals surface area contributed by atoms with Crippen molar-refractivity contribution in [1.29, 1.82) is 0 Å². The number of hydrogen-bond acceptors (Lipinski definition) is 5. The van der Waals surface area contributed by atoms with Crippen LogP contribution in [0.1, 0.15) is 102 Å². The smallest absolute Gasteiger partial charge is 0.358 e. The van der Waals surface area contributed by atoms with Crippen molar-refractivity contribution < 1.29 is 14.3 Å². The van der Waals surface area contributed by atoms with E-state index in [1.807, 2.05) is 31.2 Å². The molecule has 2 rings (SSSR count). The van der Waals surface area contributed by atoms with Crippen LogP contribution in [0.4, 0.5) is 0 Å². The zero-order valence-corrected chi connectivity index (χ0v) is 20.9. The summed E-state index contributed by atoms with van der Waals surface area (Å²) in [6.45, 7) is 7.54. The molecule has 1 aromatic heterocycles. The van der Waals surface area contributed by atoms with Gasteiger partial charge in [-0.1, -0.05) is 85.0 Å². The van der Waals surface area contributed by atoms with Gasteiger partial charge >= 0.3 is 5.97 Å². The highest BCUT2D eigenvalue weighted by Crippen LogP contribution is 2.21. The number of benzene rings is 1. The van der Waals surface area contributed by atoms with E-state index in [0.717, 1.165) is 36.5 Å². The van der Waals surface area contributed by atoms with E-state index < -0.39 is 5.97 Å². The van der Waals surface area contributed by atoms with Gasteiger partial charge in [0, 0.05) is 5.56 Å². The molecule has 0 saturated carbocycles. The number of carbonyl (C=O) groups is 1. The van der Waals surface area contributed by atoms with Crippen molar-refractivity contribution in [2.75, 3.05) is 13.2 Å². The van der Waals surface area contributed by atoms with Crippen LogP contribution in [0, 0.1) is 5.92 Å². The largest absolute Gasteiger partial charge is 0.494 e. The van der Waals surface area contributed by atoms with E-state index in [9.17, 15) is 4.79 Å².